The van der Waals surface area contributed by atoms with Gasteiger partial charge in [0.15, 0.2) is 5.41 Å². The van der Waals surface area contributed by atoms with Crippen LogP contribution in [0.3, 0.4) is 0 Å². The highest BCUT2D eigenvalue weighted by atomic mass is 16.6. The van der Waals surface area contributed by atoms with Crippen molar-refractivity contribution >= 4 is 11.9 Å². The second kappa shape index (κ2) is 2.58. The molecule has 2 rings (SSSR count). The molecule has 4 nitrogen and oxygen atoms in total. The lowest BCUT2D eigenvalue weighted by Gasteiger charge is -2.07. The van der Waals surface area contributed by atoms with Gasteiger partial charge in [-0.3, -0.25) is 9.59 Å². The molecule has 70 valence electrons. The van der Waals surface area contributed by atoms with Gasteiger partial charge in [-0.15, -0.1) is 0 Å². The summed E-state index contributed by atoms with van der Waals surface area (Å²) in [6.45, 7) is 3.94. The van der Waals surface area contributed by atoms with Crippen LogP contribution in [0.4, 0.5) is 0 Å². The third-order valence-electron chi connectivity index (χ3n) is 2.58. The van der Waals surface area contributed by atoms with Crippen molar-refractivity contribution in [2.75, 3.05) is 13.2 Å². The summed E-state index contributed by atoms with van der Waals surface area (Å²) < 4.78 is 9.59. The Kier molecular flexibility index (Phi) is 1.65. The van der Waals surface area contributed by atoms with E-state index >= 15 is 0 Å². The smallest absolute Gasteiger partial charge is 0.324 e. The van der Waals surface area contributed by atoms with Crippen molar-refractivity contribution in [3.63, 3.8) is 0 Å². The van der Waals surface area contributed by atoms with Gasteiger partial charge in [-0.1, -0.05) is 12.7 Å². The van der Waals surface area contributed by atoms with Crippen LogP contribution < -0.4 is 0 Å². The van der Waals surface area contributed by atoms with Crippen LogP contribution >= 0.6 is 0 Å². The summed E-state index contributed by atoms with van der Waals surface area (Å²) in [6, 6.07) is 0. The lowest BCUT2D eigenvalue weighted by Crippen LogP contribution is -2.27. The Balaban J connectivity index is 2.04. The minimum Gasteiger partial charge on any atom is -0.464 e. The second-order valence-corrected chi connectivity index (χ2v) is 3.36. The lowest BCUT2D eigenvalue weighted by atomic mass is 10.1. The number of hydrogen-bond acceptors (Lipinski definition) is 4. The normalized spacial score (nSPS) is 34.8. The molecule has 0 amide bonds. The molecule has 0 spiro atoms. The predicted octanol–water partition coefficient (Wildman–Crippen LogP) is 0.279. The van der Waals surface area contributed by atoms with Crippen molar-refractivity contribution in [3.8, 4) is 0 Å². The number of fused-ring (bicyclic) bond motifs is 1. The fourth-order valence-corrected chi connectivity index (χ4v) is 1.68. The van der Waals surface area contributed by atoms with E-state index in [1.54, 1.807) is 0 Å². The van der Waals surface area contributed by atoms with Gasteiger partial charge in [0, 0.05) is 5.92 Å². The number of carbonyl (C=O) groups excluding carboxylic acids is 2. The Morgan fingerprint density at radius 2 is 2.62 bits per heavy atom. The van der Waals surface area contributed by atoms with E-state index in [-0.39, 0.29) is 12.5 Å². The summed E-state index contributed by atoms with van der Waals surface area (Å²) in [7, 11) is 0. The van der Waals surface area contributed by atoms with Crippen LogP contribution in [0.5, 0.6) is 0 Å². The number of carbonyl (C=O) groups is 2. The molecule has 0 bridgehead atoms. The van der Waals surface area contributed by atoms with Gasteiger partial charge in [0.25, 0.3) is 0 Å². The first-order chi connectivity index (χ1) is 6.21. The first-order valence-electron chi connectivity index (χ1n) is 4.17. The number of esters is 2. The van der Waals surface area contributed by atoms with Gasteiger partial charge >= 0.3 is 11.9 Å². The molecule has 1 saturated heterocycles. The second-order valence-electron chi connectivity index (χ2n) is 3.36. The molecular weight excluding hydrogens is 172 g/mol. The van der Waals surface area contributed by atoms with Crippen LogP contribution in [0.2, 0.25) is 0 Å². The number of ether oxygens (including phenoxy) is 2. The Bertz CT molecular complexity index is 283. The first-order valence-corrected chi connectivity index (χ1v) is 4.17. The zero-order valence-electron chi connectivity index (χ0n) is 7.12. The lowest BCUT2D eigenvalue weighted by molar-refractivity contribution is -0.159. The average Bonchev–Trinajstić information content (AvgIpc) is 2.79. The SMILES string of the molecule is C=CCOC(=O)[C@@]12C[C@H]1COC2=O. The van der Waals surface area contributed by atoms with Crippen molar-refractivity contribution in [1.29, 1.82) is 0 Å². The van der Waals surface area contributed by atoms with Crippen molar-refractivity contribution in [2.24, 2.45) is 11.3 Å². The summed E-state index contributed by atoms with van der Waals surface area (Å²) in [5.74, 6) is -0.830. The fourth-order valence-electron chi connectivity index (χ4n) is 1.68. The van der Waals surface area contributed by atoms with Crippen LogP contribution in [-0.2, 0) is 19.1 Å². The van der Waals surface area contributed by atoms with Crippen LogP contribution in [0.1, 0.15) is 6.42 Å². The van der Waals surface area contributed by atoms with Gasteiger partial charge in [-0.2, -0.15) is 0 Å². The molecule has 1 aliphatic carbocycles. The number of hydrogen-bond donors (Lipinski definition) is 0. The molecule has 0 aromatic carbocycles. The van der Waals surface area contributed by atoms with Gasteiger partial charge in [0.2, 0.25) is 0 Å². The van der Waals surface area contributed by atoms with Crippen molar-refractivity contribution in [3.05, 3.63) is 12.7 Å². The molecule has 2 aliphatic rings. The molecule has 1 heterocycles. The Hall–Kier alpha value is -1.32. The zero-order valence-corrected chi connectivity index (χ0v) is 7.12. The summed E-state index contributed by atoms with van der Waals surface area (Å²) >= 11 is 0. The fraction of sp³-hybridized carbons (Fsp3) is 0.556. The molecule has 1 saturated carbocycles. The van der Waals surface area contributed by atoms with Crippen molar-refractivity contribution in [2.45, 2.75) is 6.42 Å². The van der Waals surface area contributed by atoms with E-state index in [1.165, 1.54) is 6.08 Å². The topological polar surface area (TPSA) is 52.6 Å². The Morgan fingerprint density at radius 1 is 1.85 bits per heavy atom. The average molecular weight is 182 g/mol. The van der Waals surface area contributed by atoms with E-state index in [1.807, 2.05) is 0 Å². The molecule has 0 unspecified atom stereocenters. The Labute approximate surface area is 75.5 Å². The van der Waals surface area contributed by atoms with Gasteiger partial charge in [0.1, 0.15) is 6.61 Å². The maximum absolute atomic E-state index is 11.4. The van der Waals surface area contributed by atoms with Crippen molar-refractivity contribution < 1.29 is 19.1 Å². The molecule has 0 aromatic heterocycles. The molecule has 0 radical (unpaired) electrons. The summed E-state index contributed by atoms with van der Waals surface area (Å²) in [4.78, 5) is 22.6. The van der Waals surface area contributed by atoms with Gasteiger partial charge in [0.05, 0.1) is 6.61 Å². The quantitative estimate of drug-likeness (QED) is 0.357. The van der Waals surface area contributed by atoms with Crippen LogP contribution in [-0.4, -0.2) is 25.2 Å². The minimum absolute atomic E-state index is 0.0531. The van der Waals surface area contributed by atoms with E-state index in [9.17, 15) is 9.59 Å². The maximum atomic E-state index is 11.4. The number of rotatable bonds is 3. The summed E-state index contributed by atoms with van der Waals surface area (Å²) in [6.07, 6.45) is 2.06. The van der Waals surface area contributed by atoms with Gasteiger partial charge in [-0.05, 0) is 6.42 Å². The Morgan fingerprint density at radius 3 is 3.08 bits per heavy atom. The van der Waals surface area contributed by atoms with Crippen LogP contribution in [0, 0.1) is 11.3 Å². The minimum atomic E-state index is -0.941. The predicted molar refractivity (Wildman–Crippen MR) is 42.7 cm³/mol. The highest BCUT2D eigenvalue weighted by Crippen LogP contribution is 2.58. The molecule has 1 aliphatic heterocycles. The molecule has 4 heteroatoms. The van der Waals surface area contributed by atoms with E-state index < -0.39 is 17.4 Å². The molecular formula is C9H10O4. The molecule has 2 atom stereocenters. The van der Waals surface area contributed by atoms with E-state index in [0.717, 1.165) is 0 Å². The van der Waals surface area contributed by atoms with Crippen LogP contribution in [0.15, 0.2) is 12.7 Å². The number of cyclic esters (lactones) is 1. The summed E-state index contributed by atoms with van der Waals surface area (Å²) in [5.41, 5.74) is -0.941. The molecule has 2 fully saturated rings. The van der Waals surface area contributed by atoms with Gasteiger partial charge < -0.3 is 9.47 Å². The third kappa shape index (κ3) is 0.978. The van der Waals surface area contributed by atoms with Gasteiger partial charge in [-0.25, -0.2) is 0 Å². The van der Waals surface area contributed by atoms with Crippen molar-refractivity contribution in [1.82, 2.24) is 0 Å². The standard InChI is InChI=1S/C9H10O4/c1-2-3-12-7(10)9-4-6(9)5-13-8(9)11/h2,6H,1,3-5H2/t6-,9+/m0/s1. The van der Waals surface area contributed by atoms with E-state index in [2.05, 4.69) is 6.58 Å². The van der Waals surface area contributed by atoms with Crippen LogP contribution in [0.25, 0.3) is 0 Å². The van der Waals surface area contributed by atoms with E-state index in [0.29, 0.717) is 13.0 Å². The summed E-state index contributed by atoms with van der Waals surface area (Å²) in [5, 5.41) is 0. The zero-order chi connectivity index (χ0) is 9.47. The highest BCUT2D eigenvalue weighted by Gasteiger charge is 2.72. The third-order valence-corrected chi connectivity index (χ3v) is 2.58. The molecule has 0 aromatic rings. The molecule has 0 N–H and O–H groups in total. The largest absolute Gasteiger partial charge is 0.464 e. The first kappa shape index (κ1) is 8.29. The highest BCUT2D eigenvalue weighted by molar-refractivity contribution is 6.05. The molecule has 13 heavy (non-hydrogen) atoms. The van der Waals surface area contributed by atoms with E-state index in [4.69, 9.17) is 9.47 Å². The maximum Gasteiger partial charge on any atom is 0.324 e. The monoisotopic (exact) mass is 182 g/mol.